The Kier molecular flexibility index (Phi) is 6.95. The predicted octanol–water partition coefficient (Wildman–Crippen LogP) is 3.24. The van der Waals surface area contributed by atoms with Crippen LogP contribution in [0.1, 0.15) is 35.5 Å². The zero-order valence-electron chi connectivity index (χ0n) is 15.9. The minimum atomic E-state index is -0.491. The molecular formula is C21H24ClN5O. The number of halogens is 1. The molecule has 0 saturated carbocycles. The number of hydrogen-bond donors (Lipinski definition) is 3. The highest BCUT2D eigenvalue weighted by Crippen LogP contribution is 2.27. The summed E-state index contributed by atoms with van der Waals surface area (Å²) in [6.07, 6.45) is 5.03. The monoisotopic (exact) mass is 397 g/mol. The average molecular weight is 398 g/mol. The molecule has 0 aliphatic carbocycles. The van der Waals surface area contributed by atoms with Crippen molar-refractivity contribution in [3.63, 3.8) is 0 Å². The smallest absolute Gasteiger partial charge is 0.248 e. The number of nitrogens with two attached hydrogens (primary N) is 2. The summed E-state index contributed by atoms with van der Waals surface area (Å²) in [7, 11) is 0. The standard InChI is InChI=1S/C21H24ClN5O/c1-4-14(15-7-5-8-16(11-15)19(23)28)12-26-20(24)27-13-21(2,3)18-17(22)9-6-10-25-18/h4-12H,1,13H2,2-3H3,(H2,23,28)(H3,24,26,27)/b14-12+. The first kappa shape index (κ1) is 21.2. The lowest BCUT2D eigenvalue weighted by Crippen LogP contribution is -2.31. The Morgan fingerprint density at radius 1 is 1.29 bits per heavy atom. The van der Waals surface area contributed by atoms with Gasteiger partial charge in [-0.1, -0.05) is 50.2 Å². The van der Waals surface area contributed by atoms with Gasteiger partial charge in [0, 0.05) is 23.4 Å². The van der Waals surface area contributed by atoms with E-state index < -0.39 is 5.91 Å². The van der Waals surface area contributed by atoms with Crippen molar-refractivity contribution in [2.24, 2.45) is 16.5 Å². The number of nitrogens with one attached hydrogen (secondary N) is 1. The number of aromatic nitrogens is 1. The first-order chi connectivity index (χ1) is 13.2. The highest BCUT2D eigenvalue weighted by Gasteiger charge is 2.24. The molecule has 0 unspecified atom stereocenters. The summed E-state index contributed by atoms with van der Waals surface area (Å²) < 4.78 is 0. The van der Waals surface area contributed by atoms with E-state index in [1.165, 1.54) is 0 Å². The van der Waals surface area contributed by atoms with Crippen LogP contribution in [0.3, 0.4) is 0 Å². The van der Waals surface area contributed by atoms with Gasteiger partial charge in [-0.2, -0.15) is 0 Å². The number of allylic oxidation sites excluding steroid dienone is 2. The highest BCUT2D eigenvalue weighted by molar-refractivity contribution is 6.31. The van der Waals surface area contributed by atoms with Crippen LogP contribution in [0, 0.1) is 0 Å². The van der Waals surface area contributed by atoms with Crippen LogP contribution in [0.25, 0.3) is 5.57 Å². The number of carbonyl (C=O) groups excluding carboxylic acids is 1. The third-order valence-corrected chi connectivity index (χ3v) is 4.43. The Labute approximate surface area is 170 Å². The highest BCUT2D eigenvalue weighted by atomic mass is 35.5. The minimum absolute atomic E-state index is 0.241. The predicted molar refractivity (Wildman–Crippen MR) is 115 cm³/mol. The van der Waals surface area contributed by atoms with Gasteiger partial charge in [0.25, 0.3) is 0 Å². The maximum Gasteiger partial charge on any atom is 0.248 e. The molecule has 0 aliphatic heterocycles. The first-order valence-electron chi connectivity index (χ1n) is 8.65. The topological polar surface area (TPSA) is 106 Å². The molecule has 1 heterocycles. The van der Waals surface area contributed by atoms with E-state index in [2.05, 4.69) is 21.9 Å². The van der Waals surface area contributed by atoms with Gasteiger partial charge >= 0.3 is 0 Å². The van der Waals surface area contributed by atoms with Gasteiger partial charge in [0.05, 0.1) is 17.3 Å². The lowest BCUT2D eigenvalue weighted by atomic mass is 9.89. The number of aliphatic imine (C=N–C) groups is 1. The maximum atomic E-state index is 11.4. The molecular weight excluding hydrogens is 374 g/mol. The molecule has 0 radical (unpaired) electrons. The number of primary amides is 1. The Morgan fingerprint density at radius 2 is 2.00 bits per heavy atom. The van der Waals surface area contributed by atoms with Gasteiger partial charge in [-0.3, -0.25) is 14.8 Å². The molecule has 1 aromatic carbocycles. The fraction of sp³-hybridized carbons (Fsp3) is 0.190. The van der Waals surface area contributed by atoms with E-state index in [9.17, 15) is 4.79 Å². The van der Waals surface area contributed by atoms with Gasteiger partial charge in [-0.05, 0) is 35.4 Å². The molecule has 146 valence electrons. The Morgan fingerprint density at radius 3 is 2.64 bits per heavy atom. The van der Waals surface area contributed by atoms with E-state index >= 15 is 0 Å². The number of amides is 1. The zero-order valence-corrected chi connectivity index (χ0v) is 16.7. The summed E-state index contributed by atoms with van der Waals surface area (Å²) in [5, 5.41) is 3.54. The van der Waals surface area contributed by atoms with Gasteiger partial charge in [0.1, 0.15) is 0 Å². The van der Waals surface area contributed by atoms with Crippen LogP contribution >= 0.6 is 11.6 Å². The summed E-state index contributed by atoms with van der Waals surface area (Å²) in [5.74, 6) is -0.250. The van der Waals surface area contributed by atoms with Crippen LogP contribution in [-0.4, -0.2) is 23.4 Å². The van der Waals surface area contributed by atoms with Crippen molar-refractivity contribution in [1.29, 1.82) is 0 Å². The molecule has 0 spiro atoms. The van der Waals surface area contributed by atoms with Crippen molar-refractivity contribution in [2.75, 3.05) is 6.54 Å². The fourth-order valence-electron chi connectivity index (χ4n) is 2.55. The van der Waals surface area contributed by atoms with Crippen molar-refractivity contribution in [1.82, 2.24) is 10.3 Å². The third-order valence-electron chi connectivity index (χ3n) is 4.12. The summed E-state index contributed by atoms with van der Waals surface area (Å²) >= 11 is 6.24. The lowest BCUT2D eigenvalue weighted by Gasteiger charge is -2.23. The summed E-state index contributed by atoms with van der Waals surface area (Å²) in [4.78, 5) is 20.1. The first-order valence-corrected chi connectivity index (χ1v) is 9.02. The number of nitrogens with zero attached hydrogens (tertiary/aromatic N) is 2. The van der Waals surface area contributed by atoms with Crippen molar-refractivity contribution in [2.45, 2.75) is 19.3 Å². The average Bonchev–Trinajstić information content (AvgIpc) is 2.67. The minimum Gasteiger partial charge on any atom is -0.370 e. The normalized spacial score (nSPS) is 12.5. The molecule has 1 aromatic heterocycles. The van der Waals surface area contributed by atoms with Crippen LogP contribution in [0.15, 0.2) is 66.4 Å². The Balaban J connectivity index is 2.13. The van der Waals surface area contributed by atoms with E-state index in [1.807, 2.05) is 19.9 Å². The van der Waals surface area contributed by atoms with Crippen LogP contribution in [0.5, 0.6) is 0 Å². The van der Waals surface area contributed by atoms with Crippen LogP contribution in [-0.2, 0) is 5.41 Å². The third kappa shape index (κ3) is 5.44. The van der Waals surface area contributed by atoms with Gasteiger partial charge in [-0.25, -0.2) is 0 Å². The molecule has 5 N–H and O–H groups in total. The molecule has 0 aliphatic rings. The van der Waals surface area contributed by atoms with E-state index in [0.29, 0.717) is 17.1 Å². The fourth-order valence-corrected chi connectivity index (χ4v) is 2.93. The van der Waals surface area contributed by atoms with Crippen molar-refractivity contribution in [3.05, 3.63) is 83.3 Å². The number of benzene rings is 1. The molecule has 2 rings (SSSR count). The second kappa shape index (κ2) is 9.19. The van der Waals surface area contributed by atoms with Gasteiger partial charge in [0.15, 0.2) is 5.96 Å². The number of rotatable bonds is 7. The van der Waals surface area contributed by atoms with Crippen LogP contribution < -0.4 is 16.8 Å². The number of hydrogen-bond acceptors (Lipinski definition) is 3. The number of guanidine groups is 1. The van der Waals surface area contributed by atoms with Crippen LogP contribution in [0.2, 0.25) is 5.02 Å². The van der Waals surface area contributed by atoms with Crippen molar-refractivity contribution >= 4 is 29.0 Å². The second-order valence-corrected chi connectivity index (χ2v) is 7.22. The zero-order chi connectivity index (χ0) is 20.7. The van der Waals surface area contributed by atoms with Crippen LogP contribution in [0.4, 0.5) is 0 Å². The molecule has 0 atom stereocenters. The van der Waals surface area contributed by atoms with E-state index in [-0.39, 0.29) is 11.4 Å². The van der Waals surface area contributed by atoms with Gasteiger partial charge in [-0.15, -0.1) is 0 Å². The van der Waals surface area contributed by atoms with Gasteiger partial charge in [0.2, 0.25) is 5.91 Å². The summed E-state index contributed by atoms with van der Waals surface area (Å²) in [6.45, 7) is 8.19. The molecule has 28 heavy (non-hydrogen) atoms. The summed E-state index contributed by atoms with van der Waals surface area (Å²) in [6, 6.07) is 10.5. The maximum absolute atomic E-state index is 11.4. The van der Waals surface area contributed by atoms with E-state index in [4.69, 9.17) is 23.1 Å². The summed E-state index contributed by atoms with van der Waals surface area (Å²) in [5.41, 5.74) is 13.6. The van der Waals surface area contributed by atoms with Crippen molar-refractivity contribution in [3.8, 4) is 0 Å². The Bertz CT molecular complexity index is 934. The Hall–Kier alpha value is -3.12. The number of pyridine rings is 1. The molecule has 1 amide bonds. The molecule has 7 heteroatoms. The molecule has 0 fully saturated rings. The number of carbonyl (C=O) groups is 1. The molecule has 6 nitrogen and oxygen atoms in total. The van der Waals surface area contributed by atoms with E-state index in [0.717, 1.165) is 16.8 Å². The lowest BCUT2D eigenvalue weighted by molar-refractivity contribution is 0.100. The largest absolute Gasteiger partial charge is 0.370 e. The molecule has 0 saturated heterocycles. The van der Waals surface area contributed by atoms with Gasteiger partial charge < -0.3 is 16.8 Å². The SMILES string of the molecule is C=C/C(=C\NC(N)=NCC(C)(C)c1ncccc1Cl)c1cccc(C(N)=O)c1. The quantitative estimate of drug-likeness (QED) is 0.378. The van der Waals surface area contributed by atoms with Crippen molar-refractivity contribution < 1.29 is 4.79 Å². The molecule has 2 aromatic rings. The molecule has 0 bridgehead atoms. The van der Waals surface area contributed by atoms with E-state index in [1.54, 1.807) is 48.8 Å². The second-order valence-electron chi connectivity index (χ2n) is 6.81.